The lowest BCUT2D eigenvalue weighted by atomic mass is 10.2. The van der Waals surface area contributed by atoms with Gasteiger partial charge in [0.2, 0.25) is 0 Å². The number of nitrogens with zero attached hydrogens (tertiary/aromatic N) is 1. The van der Waals surface area contributed by atoms with E-state index < -0.39 is 17.5 Å². The van der Waals surface area contributed by atoms with E-state index in [4.69, 9.17) is 4.74 Å². The number of halogens is 3. The lowest BCUT2D eigenvalue weighted by Crippen LogP contribution is -2.12. The van der Waals surface area contributed by atoms with Crippen molar-refractivity contribution >= 4 is 22.6 Å². The number of H-pyrrole nitrogens is 1. The van der Waals surface area contributed by atoms with Crippen LogP contribution < -0.4 is 10.1 Å². The summed E-state index contributed by atoms with van der Waals surface area (Å²) >= 11 is 0. The Morgan fingerprint density at radius 2 is 1.72 bits per heavy atom. The molecule has 8 heteroatoms. The van der Waals surface area contributed by atoms with Crippen molar-refractivity contribution in [1.29, 1.82) is 0 Å². The van der Waals surface area contributed by atoms with Gasteiger partial charge in [-0.05, 0) is 30.3 Å². The molecule has 1 aromatic heterocycles. The number of amides is 1. The van der Waals surface area contributed by atoms with Crippen LogP contribution in [0.15, 0.2) is 60.7 Å². The fourth-order valence-electron chi connectivity index (χ4n) is 2.79. The summed E-state index contributed by atoms with van der Waals surface area (Å²) in [6.45, 7) is -0.278. The zero-order chi connectivity index (χ0) is 20.4. The van der Waals surface area contributed by atoms with Gasteiger partial charge in [-0.2, -0.15) is 5.10 Å². The quantitative estimate of drug-likeness (QED) is 0.475. The highest BCUT2D eigenvalue weighted by Crippen LogP contribution is 2.26. The van der Waals surface area contributed by atoms with Gasteiger partial charge in [-0.25, -0.2) is 13.2 Å². The second kappa shape index (κ2) is 7.67. The zero-order valence-electron chi connectivity index (χ0n) is 14.9. The molecule has 0 aliphatic carbocycles. The van der Waals surface area contributed by atoms with Crippen molar-refractivity contribution in [2.24, 2.45) is 0 Å². The molecule has 0 aliphatic heterocycles. The van der Waals surface area contributed by atoms with Crippen LogP contribution in [0.2, 0.25) is 0 Å². The Labute approximate surface area is 163 Å². The summed E-state index contributed by atoms with van der Waals surface area (Å²) in [5.41, 5.74) is 0.971. The largest absolute Gasteiger partial charge is 0.489 e. The number of carbonyl (C=O) groups excluding carboxylic acids is 1. The smallest absolute Gasteiger partial charge is 0.256 e. The molecule has 0 bridgehead atoms. The molecule has 1 heterocycles. The highest BCUT2D eigenvalue weighted by Gasteiger charge is 2.13. The van der Waals surface area contributed by atoms with Gasteiger partial charge in [0.15, 0.2) is 17.5 Å². The van der Waals surface area contributed by atoms with Crippen molar-refractivity contribution in [3.8, 4) is 5.75 Å². The Morgan fingerprint density at radius 1 is 0.966 bits per heavy atom. The molecule has 2 N–H and O–H groups in total. The van der Waals surface area contributed by atoms with Crippen LogP contribution in [0.4, 0.5) is 19.0 Å². The molecule has 29 heavy (non-hydrogen) atoms. The normalized spacial score (nSPS) is 10.9. The molecule has 0 saturated heterocycles. The molecule has 3 aromatic carbocycles. The third-order valence-electron chi connectivity index (χ3n) is 4.29. The fraction of sp³-hybridized carbons (Fsp3) is 0.0476. The number of fused-ring (bicyclic) bond motifs is 1. The van der Waals surface area contributed by atoms with Crippen LogP contribution in [0.3, 0.4) is 0 Å². The van der Waals surface area contributed by atoms with Gasteiger partial charge in [0.1, 0.15) is 18.2 Å². The zero-order valence-corrected chi connectivity index (χ0v) is 14.9. The van der Waals surface area contributed by atoms with Gasteiger partial charge < -0.3 is 10.1 Å². The van der Waals surface area contributed by atoms with Crippen molar-refractivity contribution in [2.45, 2.75) is 6.61 Å². The maximum Gasteiger partial charge on any atom is 0.256 e. The van der Waals surface area contributed by atoms with E-state index in [1.807, 2.05) is 6.07 Å². The minimum absolute atomic E-state index is 0.107. The number of benzene rings is 3. The fourth-order valence-corrected chi connectivity index (χ4v) is 2.79. The first-order valence-corrected chi connectivity index (χ1v) is 8.62. The molecule has 0 aliphatic rings. The monoisotopic (exact) mass is 397 g/mol. The Bertz CT molecular complexity index is 1190. The van der Waals surface area contributed by atoms with Gasteiger partial charge in [0.25, 0.3) is 5.91 Å². The maximum atomic E-state index is 13.7. The second-order valence-electron chi connectivity index (χ2n) is 6.25. The van der Waals surface area contributed by atoms with E-state index in [0.29, 0.717) is 34.1 Å². The number of rotatable bonds is 5. The van der Waals surface area contributed by atoms with Crippen molar-refractivity contribution in [1.82, 2.24) is 10.2 Å². The molecule has 1 amide bonds. The molecule has 0 fully saturated rings. The highest BCUT2D eigenvalue weighted by atomic mass is 19.2. The summed E-state index contributed by atoms with van der Waals surface area (Å²) in [5.74, 6) is -2.87. The van der Waals surface area contributed by atoms with Gasteiger partial charge in [-0.15, -0.1) is 0 Å². The summed E-state index contributed by atoms with van der Waals surface area (Å²) in [7, 11) is 0. The predicted molar refractivity (Wildman–Crippen MR) is 101 cm³/mol. The highest BCUT2D eigenvalue weighted by molar-refractivity contribution is 6.07. The molecule has 0 saturated carbocycles. The molecule has 0 spiro atoms. The Balaban J connectivity index is 1.49. The molecule has 4 rings (SSSR count). The molecule has 0 atom stereocenters. The van der Waals surface area contributed by atoms with E-state index in [-0.39, 0.29) is 18.1 Å². The van der Waals surface area contributed by atoms with Crippen LogP contribution in [0, 0.1) is 17.5 Å². The Morgan fingerprint density at radius 3 is 2.52 bits per heavy atom. The minimum atomic E-state index is -1.25. The average molecular weight is 397 g/mol. The topological polar surface area (TPSA) is 67.0 Å². The molecule has 5 nitrogen and oxygen atoms in total. The number of aromatic nitrogens is 2. The summed E-state index contributed by atoms with van der Waals surface area (Å²) in [6.07, 6.45) is 0. The molecule has 0 radical (unpaired) electrons. The average Bonchev–Trinajstić information content (AvgIpc) is 3.12. The summed E-state index contributed by atoms with van der Waals surface area (Å²) in [4.78, 5) is 12.3. The number of ether oxygens (including phenoxy) is 1. The summed E-state index contributed by atoms with van der Waals surface area (Å²) < 4.78 is 45.5. The summed E-state index contributed by atoms with van der Waals surface area (Å²) in [5, 5.41) is 10.3. The van der Waals surface area contributed by atoms with Crippen LogP contribution in [0.1, 0.15) is 15.9 Å². The minimum Gasteiger partial charge on any atom is -0.489 e. The van der Waals surface area contributed by atoms with E-state index in [0.717, 1.165) is 6.07 Å². The predicted octanol–water partition coefficient (Wildman–Crippen LogP) is 4.81. The van der Waals surface area contributed by atoms with Crippen LogP contribution in [-0.4, -0.2) is 16.1 Å². The number of hydrogen-bond donors (Lipinski definition) is 2. The first-order chi connectivity index (χ1) is 14.0. The number of anilines is 1. The van der Waals surface area contributed by atoms with Gasteiger partial charge >= 0.3 is 0 Å². The van der Waals surface area contributed by atoms with E-state index >= 15 is 0 Å². The van der Waals surface area contributed by atoms with Crippen LogP contribution in [-0.2, 0) is 6.61 Å². The number of hydrogen-bond acceptors (Lipinski definition) is 3. The van der Waals surface area contributed by atoms with Crippen LogP contribution in [0.25, 0.3) is 10.9 Å². The number of nitrogens with one attached hydrogen (secondary N) is 2. The molecular formula is C21H14F3N3O2. The number of carbonyl (C=O) groups is 1. The Hall–Kier alpha value is -3.81. The SMILES string of the molecule is O=C(Nc1n[nH]c2cc(OCc3cc(F)c(F)cc3F)ccc12)c1ccccc1. The molecule has 0 unspecified atom stereocenters. The third kappa shape index (κ3) is 3.91. The lowest BCUT2D eigenvalue weighted by Gasteiger charge is -2.08. The van der Waals surface area contributed by atoms with E-state index in [1.54, 1.807) is 42.5 Å². The van der Waals surface area contributed by atoms with Crippen LogP contribution in [0.5, 0.6) is 5.75 Å². The van der Waals surface area contributed by atoms with Gasteiger partial charge in [-0.1, -0.05) is 18.2 Å². The second-order valence-corrected chi connectivity index (χ2v) is 6.25. The van der Waals surface area contributed by atoms with E-state index in [9.17, 15) is 18.0 Å². The van der Waals surface area contributed by atoms with E-state index in [1.165, 1.54) is 0 Å². The molecule has 146 valence electrons. The molecule has 4 aromatic rings. The number of aromatic amines is 1. The van der Waals surface area contributed by atoms with Crippen LogP contribution >= 0.6 is 0 Å². The first kappa shape index (κ1) is 18.5. The maximum absolute atomic E-state index is 13.7. The third-order valence-corrected chi connectivity index (χ3v) is 4.29. The van der Waals surface area contributed by atoms with Crippen molar-refractivity contribution in [3.63, 3.8) is 0 Å². The van der Waals surface area contributed by atoms with Gasteiger partial charge in [0.05, 0.1) is 5.52 Å². The van der Waals surface area contributed by atoms with Crippen molar-refractivity contribution in [3.05, 3.63) is 89.2 Å². The van der Waals surface area contributed by atoms with E-state index in [2.05, 4.69) is 15.5 Å². The van der Waals surface area contributed by atoms with Gasteiger partial charge in [-0.3, -0.25) is 9.89 Å². The molecular weight excluding hydrogens is 383 g/mol. The lowest BCUT2D eigenvalue weighted by molar-refractivity contribution is 0.102. The Kier molecular flexibility index (Phi) is 4.90. The standard InChI is InChI=1S/C21H14F3N3O2/c22-16-10-18(24)17(23)8-13(16)11-29-14-6-7-15-19(9-14)26-27-20(15)25-21(28)12-4-2-1-3-5-12/h1-10H,11H2,(H2,25,26,27,28). The van der Waals surface area contributed by atoms with Crippen molar-refractivity contribution in [2.75, 3.05) is 5.32 Å². The first-order valence-electron chi connectivity index (χ1n) is 8.62. The van der Waals surface area contributed by atoms with Crippen molar-refractivity contribution < 1.29 is 22.7 Å². The summed E-state index contributed by atoms with van der Waals surface area (Å²) in [6, 6.07) is 14.8. The van der Waals surface area contributed by atoms with Gasteiger partial charge in [0, 0.05) is 28.6 Å².